The second-order valence-electron chi connectivity index (χ2n) is 11.1. The van der Waals surface area contributed by atoms with Crippen LogP contribution < -0.4 is 9.80 Å². The van der Waals surface area contributed by atoms with Gasteiger partial charge in [0.15, 0.2) is 0 Å². The summed E-state index contributed by atoms with van der Waals surface area (Å²) in [4.78, 5) is 7.44. The molecule has 2 aromatic rings. The molecule has 1 aromatic carbocycles. The minimum absolute atomic E-state index is 0.154. The Balaban J connectivity index is 2.11. The van der Waals surface area contributed by atoms with Gasteiger partial charge in [0.2, 0.25) is 0 Å². The number of quaternary nitrogens is 2. The molecule has 31 heavy (non-hydrogen) atoms. The zero-order valence-electron chi connectivity index (χ0n) is 20.1. The summed E-state index contributed by atoms with van der Waals surface area (Å²) in [6.45, 7) is 18.3. The molecule has 5 heteroatoms. The Hall–Kier alpha value is -1.95. The van der Waals surface area contributed by atoms with Crippen LogP contribution in [0.4, 0.5) is 0 Å². The van der Waals surface area contributed by atoms with E-state index >= 15 is 0 Å². The van der Waals surface area contributed by atoms with Crippen LogP contribution in [0.1, 0.15) is 69.8 Å². The summed E-state index contributed by atoms with van der Waals surface area (Å²) in [6.07, 6.45) is 3.82. The molecule has 0 radical (unpaired) electrons. The zero-order chi connectivity index (χ0) is 22.8. The van der Waals surface area contributed by atoms with Crippen LogP contribution in [0.15, 0.2) is 36.7 Å². The van der Waals surface area contributed by atoms with E-state index in [2.05, 4.69) is 64.7 Å². The molecule has 3 rings (SSSR count). The van der Waals surface area contributed by atoms with Gasteiger partial charge in [-0.15, -0.1) is 0 Å². The van der Waals surface area contributed by atoms with E-state index in [1.807, 2.05) is 18.5 Å². The summed E-state index contributed by atoms with van der Waals surface area (Å²) in [5.41, 5.74) is 4.17. The van der Waals surface area contributed by atoms with Gasteiger partial charge in [-0.2, -0.15) is 0 Å². The summed E-state index contributed by atoms with van der Waals surface area (Å²) in [7, 11) is 0. The molecule has 0 saturated carbocycles. The fourth-order valence-electron chi connectivity index (χ4n) is 4.80. The van der Waals surface area contributed by atoms with Crippen molar-refractivity contribution in [3.8, 4) is 5.75 Å². The zero-order valence-corrected chi connectivity index (χ0v) is 20.1. The number of aliphatic hydroxyl groups excluding tert-OH is 1. The van der Waals surface area contributed by atoms with Crippen LogP contribution in [0, 0.1) is 0 Å². The van der Waals surface area contributed by atoms with Crippen LogP contribution >= 0.6 is 0 Å². The number of benzene rings is 1. The molecule has 4 N–H and O–H groups in total. The number of aliphatic hydroxyl groups is 1. The minimum Gasteiger partial charge on any atom is -0.507 e. The topological polar surface area (TPSA) is 62.2 Å². The molecule has 170 valence electrons. The van der Waals surface area contributed by atoms with E-state index in [-0.39, 0.29) is 23.5 Å². The average molecular weight is 428 g/mol. The molecule has 1 fully saturated rings. The Labute approximate surface area is 187 Å². The predicted molar refractivity (Wildman–Crippen MR) is 125 cm³/mol. The first-order valence-electron chi connectivity index (χ1n) is 11.6. The lowest BCUT2D eigenvalue weighted by Crippen LogP contribution is -3.28. The largest absolute Gasteiger partial charge is 0.507 e. The number of hydrogen-bond donors (Lipinski definition) is 4. The van der Waals surface area contributed by atoms with Gasteiger partial charge < -0.3 is 20.0 Å². The van der Waals surface area contributed by atoms with Crippen molar-refractivity contribution < 1.29 is 20.0 Å². The second kappa shape index (κ2) is 9.27. The maximum Gasteiger partial charge on any atom is 0.141 e. The number of piperazine rings is 1. The van der Waals surface area contributed by atoms with Crippen LogP contribution in [0.2, 0.25) is 0 Å². The fraction of sp³-hybridized carbons (Fsp3) is 0.577. The number of phenolic OH excluding ortho intramolecular Hbond substituents is 1. The van der Waals surface area contributed by atoms with Gasteiger partial charge in [-0.3, -0.25) is 4.98 Å². The number of hydrogen-bond acceptors (Lipinski definition) is 3. The van der Waals surface area contributed by atoms with Crippen LogP contribution in [-0.2, 0) is 10.8 Å². The maximum atomic E-state index is 11.2. The predicted octanol–water partition coefficient (Wildman–Crippen LogP) is 1.25. The molecular formula is C26H41N3O2+2. The van der Waals surface area contributed by atoms with Crippen molar-refractivity contribution >= 4 is 0 Å². The lowest BCUT2D eigenvalue weighted by molar-refractivity contribution is -1.02. The first kappa shape index (κ1) is 23.7. The molecule has 2 heterocycles. The molecule has 0 aliphatic carbocycles. The minimum atomic E-state index is -0.154. The van der Waals surface area contributed by atoms with Gasteiger partial charge in [0, 0.05) is 34.6 Å². The number of aromatic nitrogens is 1. The normalized spacial score (nSPS) is 21.1. The van der Waals surface area contributed by atoms with Crippen LogP contribution in [0.25, 0.3) is 0 Å². The fourth-order valence-corrected chi connectivity index (χ4v) is 4.80. The Morgan fingerprint density at radius 1 is 0.935 bits per heavy atom. The molecule has 1 saturated heterocycles. The molecule has 0 spiro atoms. The highest BCUT2D eigenvalue weighted by molar-refractivity contribution is 5.51. The molecule has 1 aliphatic rings. The van der Waals surface area contributed by atoms with Gasteiger partial charge in [-0.1, -0.05) is 41.5 Å². The molecule has 0 bridgehead atoms. The van der Waals surface area contributed by atoms with Crippen molar-refractivity contribution in [2.75, 3.05) is 39.3 Å². The summed E-state index contributed by atoms with van der Waals surface area (Å²) in [5.74, 6) is 0.431. The number of phenols is 1. The highest BCUT2D eigenvalue weighted by atomic mass is 16.3. The average Bonchev–Trinajstić information content (AvgIpc) is 2.70. The molecule has 1 aromatic heterocycles. The van der Waals surface area contributed by atoms with Crippen LogP contribution in [-0.4, -0.2) is 54.5 Å². The van der Waals surface area contributed by atoms with Gasteiger partial charge in [0.05, 0.1) is 6.61 Å². The monoisotopic (exact) mass is 427 g/mol. The first-order chi connectivity index (χ1) is 14.5. The Kier molecular flexibility index (Phi) is 7.09. The van der Waals surface area contributed by atoms with E-state index in [0.29, 0.717) is 5.75 Å². The summed E-state index contributed by atoms with van der Waals surface area (Å²) >= 11 is 0. The van der Waals surface area contributed by atoms with Gasteiger partial charge in [-0.05, 0) is 35.1 Å². The van der Waals surface area contributed by atoms with E-state index in [1.54, 1.807) is 0 Å². The van der Waals surface area contributed by atoms with E-state index in [9.17, 15) is 10.2 Å². The standard InChI is InChI=1S/C26H39N3O2/c1-25(2,3)21-16-20(17-22(24(21)31)26(4,5)6)23(19-8-7-9-27-18-19)29-12-10-28(11-13-29)14-15-30/h7-9,16-18,23,30-31H,10-15H2,1-6H3/p+2/t23-/m0/s1. The SMILES string of the molecule is CC(C)(C)c1cc([C@H](c2cccnc2)[NH+]2CC[NH+](CCO)CC2)cc(C(C)(C)C)c1O. The third-order valence-corrected chi connectivity index (χ3v) is 6.57. The van der Waals surface area contributed by atoms with Crippen molar-refractivity contribution in [1.82, 2.24) is 4.98 Å². The number of nitrogens with zero attached hydrogens (tertiary/aromatic N) is 1. The van der Waals surface area contributed by atoms with Crippen LogP contribution in [0.3, 0.4) is 0 Å². The van der Waals surface area contributed by atoms with Crippen molar-refractivity contribution in [3.63, 3.8) is 0 Å². The van der Waals surface area contributed by atoms with Crippen LogP contribution in [0.5, 0.6) is 5.75 Å². The molecule has 0 unspecified atom stereocenters. The quantitative estimate of drug-likeness (QED) is 0.581. The van der Waals surface area contributed by atoms with E-state index < -0.39 is 0 Å². The Morgan fingerprint density at radius 2 is 1.52 bits per heavy atom. The number of pyridine rings is 1. The number of nitrogens with one attached hydrogen (secondary N) is 2. The van der Waals surface area contributed by atoms with Crippen molar-refractivity contribution in [2.45, 2.75) is 58.4 Å². The molecule has 5 nitrogen and oxygen atoms in total. The molecule has 1 aliphatic heterocycles. The first-order valence-corrected chi connectivity index (χ1v) is 11.6. The highest BCUT2D eigenvalue weighted by Crippen LogP contribution is 2.41. The van der Waals surface area contributed by atoms with Crippen molar-refractivity contribution in [3.05, 3.63) is 58.9 Å². The summed E-state index contributed by atoms with van der Waals surface area (Å²) < 4.78 is 0. The smallest absolute Gasteiger partial charge is 0.141 e. The summed E-state index contributed by atoms with van der Waals surface area (Å²) in [6, 6.07) is 8.82. The number of aromatic hydroxyl groups is 1. The summed E-state index contributed by atoms with van der Waals surface area (Å²) in [5, 5.41) is 20.5. The maximum absolute atomic E-state index is 11.2. The highest BCUT2D eigenvalue weighted by Gasteiger charge is 2.35. The van der Waals surface area contributed by atoms with Gasteiger partial charge >= 0.3 is 0 Å². The molecular weight excluding hydrogens is 386 g/mol. The molecule has 0 amide bonds. The third kappa shape index (κ3) is 5.46. The Bertz CT molecular complexity index is 825. The number of rotatable bonds is 5. The van der Waals surface area contributed by atoms with E-state index in [1.165, 1.54) is 20.9 Å². The third-order valence-electron chi connectivity index (χ3n) is 6.57. The lowest BCUT2D eigenvalue weighted by Gasteiger charge is -2.36. The lowest BCUT2D eigenvalue weighted by atomic mass is 9.77. The van der Waals surface area contributed by atoms with Crippen molar-refractivity contribution in [2.24, 2.45) is 0 Å². The molecule has 1 atom stereocenters. The van der Waals surface area contributed by atoms with E-state index in [0.717, 1.165) is 43.9 Å². The van der Waals surface area contributed by atoms with Gasteiger partial charge in [0.1, 0.15) is 44.5 Å². The Morgan fingerprint density at radius 3 is 1.97 bits per heavy atom. The van der Waals surface area contributed by atoms with Gasteiger partial charge in [-0.25, -0.2) is 0 Å². The second-order valence-corrected chi connectivity index (χ2v) is 11.1. The van der Waals surface area contributed by atoms with Gasteiger partial charge in [0.25, 0.3) is 0 Å². The van der Waals surface area contributed by atoms with Crippen molar-refractivity contribution in [1.29, 1.82) is 0 Å². The van der Waals surface area contributed by atoms with E-state index in [4.69, 9.17) is 0 Å².